The van der Waals surface area contributed by atoms with E-state index < -0.39 is 10.9 Å². The van der Waals surface area contributed by atoms with E-state index in [1.54, 1.807) is 12.3 Å². The zero-order chi connectivity index (χ0) is 23.6. The molecule has 0 aliphatic carbocycles. The highest BCUT2D eigenvalue weighted by atomic mass is 16.2. The molecule has 0 fully saturated rings. The van der Waals surface area contributed by atoms with Crippen molar-refractivity contribution >= 4 is 28.8 Å². The van der Waals surface area contributed by atoms with Gasteiger partial charge in [0.15, 0.2) is 0 Å². The third-order valence-corrected chi connectivity index (χ3v) is 5.73. The van der Waals surface area contributed by atoms with E-state index in [2.05, 4.69) is 58.8 Å². The lowest BCUT2D eigenvalue weighted by Gasteiger charge is -2.30. The van der Waals surface area contributed by atoms with Crippen molar-refractivity contribution in [1.29, 1.82) is 0 Å². The molecule has 3 N–H and O–H groups in total. The number of nitrogens with one attached hydrogen (secondary N) is 3. The van der Waals surface area contributed by atoms with Gasteiger partial charge in [0.2, 0.25) is 5.95 Å². The smallest absolute Gasteiger partial charge is 0.253 e. The summed E-state index contributed by atoms with van der Waals surface area (Å²) in [5, 5.41) is 9.32. The Kier molecular flexibility index (Phi) is 5.96. The van der Waals surface area contributed by atoms with Gasteiger partial charge in [-0.15, -0.1) is 0 Å². The van der Waals surface area contributed by atoms with Gasteiger partial charge in [-0.25, -0.2) is 4.98 Å². The fourth-order valence-electron chi connectivity index (χ4n) is 3.20. The van der Waals surface area contributed by atoms with Crippen LogP contribution in [0, 0.1) is 5.41 Å². The van der Waals surface area contributed by atoms with Gasteiger partial charge < -0.3 is 16.0 Å². The van der Waals surface area contributed by atoms with Gasteiger partial charge in [0.05, 0.1) is 0 Å². The molecule has 0 saturated carbocycles. The summed E-state index contributed by atoms with van der Waals surface area (Å²) in [6, 6.07) is 19.8. The number of anilines is 5. The molecule has 4 rings (SSSR count). The standard InChI is InChI=1S/C26H27N5O2/c1-16(26(2,3)4)28-21-22(24(33)23(21)32)30-20-14-15-27-25(31-20)29-19-12-10-18(11-13-19)17-8-6-5-7-9-17/h5-16,28H,1-4H3,(H2,27,29,30,31)/t16-/m1/s1. The van der Waals surface area contributed by atoms with E-state index in [0.717, 1.165) is 16.8 Å². The Labute approximate surface area is 192 Å². The summed E-state index contributed by atoms with van der Waals surface area (Å²) in [6.07, 6.45) is 1.59. The summed E-state index contributed by atoms with van der Waals surface area (Å²) in [5.74, 6) is 0.802. The molecule has 1 atom stereocenters. The molecule has 33 heavy (non-hydrogen) atoms. The van der Waals surface area contributed by atoms with Crippen LogP contribution in [0.4, 0.5) is 28.8 Å². The number of hydrogen-bond donors (Lipinski definition) is 3. The summed E-state index contributed by atoms with van der Waals surface area (Å²) in [7, 11) is 0. The molecule has 3 aromatic carbocycles. The normalized spacial score (nSPS) is 12.4. The fraction of sp³-hybridized carbons (Fsp3) is 0.231. The van der Waals surface area contributed by atoms with Crippen molar-refractivity contribution in [3.8, 4) is 11.1 Å². The first-order valence-corrected chi connectivity index (χ1v) is 10.8. The van der Waals surface area contributed by atoms with Crippen molar-refractivity contribution in [2.75, 3.05) is 16.0 Å². The van der Waals surface area contributed by atoms with E-state index in [0.29, 0.717) is 17.5 Å². The first-order valence-electron chi connectivity index (χ1n) is 10.8. The van der Waals surface area contributed by atoms with Crippen molar-refractivity contribution in [2.45, 2.75) is 33.7 Å². The molecule has 1 aromatic heterocycles. The Morgan fingerprint density at radius 1 is 0.788 bits per heavy atom. The van der Waals surface area contributed by atoms with Crippen molar-refractivity contribution in [3.63, 3.8) is 0 Å². The second-order valence-corrected chi connectivity index (χ2v) is 9.10. The van der Waals surface area contributed by atoms with Gasteiger partial charge in [0, 0.05) is 17.9 Å². The maximum absolute atomic E-state index is 12.2. The number of rotatable bonds is 7. The molecule has 0 amide bonds. The average molecular weight is 442 g/mol. The van der Waals surface area contributed by atoms with Crippen LogP contribution in [0.5, 0.6) is 0 Å². The summed E-state index contributed by atoms with van der Waals surface area (Å²) < 4.78 is 0. The molecule has 168 valence electrons. The maximum atomic E-state index is 12.2. The van der Waals surface area contributed by atoms with Gasteiger partial charge in [0.25, 0.3) is 10.9 Å². The van der Waals surface area contributed by atoms with Gasteiger partial charge in [-0.1, -0.05) is 63.2 Å². The van der Waals surface area contributed by atoms with Crippen LogP contribution in [0.15, 0.2) is 76.4 Å². The van der Waals surface area contributed by atoms with E-state index in [1.807, 2.05) is 49.4 Å². The predicted octanol–water partition coefficient (Wildman–Crippen LogP) is 5.07. The highest BCUT2D eigenvalue weighted by Crippen LogP contribution is 2.27. The summed E-state index contributed by atoms with van der Waals surface area (Å²) in [4.78, 5) is 33.0. The van der Waals surface area contributed by atoms with E-state index in [9.17, 15) is 9.59 Å². The lowest BCUT2D eigenvalue weighted by atomic mass is 9.87. The van der Waals surface area contributed by atoms with Crippen LogP contribution >= 0.6 is 0 Å². The van der Waals surface area contributed by atoms with Gasteiger partial charge >= 0.3 is 0 Å². The molecule has 7 heteroatoms. The molecular weight excluding hydrogens is 414 g/mol. The number of aromatic nitrogens is 2. The monoisotopic (exact) mass is 441 g/mol. The summed E-state index contributed by atoms with van der Waals surface area (Å²) >= 11 is 0. The van der Waals surface area contributed by atoms with Crippen molar-refractivity contribution < 1.29 is 0 Å². The quantitative estimate of drug-likeness (QED) is 0.344. The molecule has 0 saturated heterocycles. The van der Waals surface area contributed by atoms with E-state index in [1.165, 1.54) is 0 Å². The zero-order valence-corrected chi connectivity index (χ0v) is 19.1. The first kappa shape index (κ1) is 22.2. The largest absolute Gasteiger partial charge is 0.377 e. The molecule has 7 nitrogen and oxygen atoms in total. The molecule has 0 unspecified atom stereocenters. The van der Waals surface area contributed by atoms with Gasteiger partial charge in [-0.3, -0.25) is 9.59 Å². The van der Waals surface area contributed by atoms with Gasteiger partial charge in [-0.2, -0.15) is 4.98 Å². The number of benzene rings is 2. The Morgan fingerprint density at radius 2 is 1.42 bits per heavy atom. The van der Waals surface area contributed by atoms with E-state index in [-0.39, 0.29) is 17.1 Å². The molecular formula is C26H27N5O2. The van der Waals surface area contributed by atoms with Crippen LogP contribution in [0.3, 0.4) is 0 Å². The average Bonchev–Trinajstić information content (AvgIpc) is 2.81. The second kappa shape index (κ2) is 8.86. The molecule has 0 spiro atoms. The summed E-state index contributed by atoms with van der Waals surface area (Å²) in [5.41, 5.74) is 2.48. The molecule has 0 aliphatic rings. The fourth-order valence-corrected chi connectivity index (χ4v) is 3.20. The van der Waals surface area contributed by atoms with Crippen molar-refractivity contribution in [3.05, 3.63) is 87.3 Å². The third kappa shape index (κ3) is 4.92. The van der Waals surface area contributed by atoms with Crippen LogP contribution in [-0.2, 0) is 0 Å². The minimum absolute atomic E-state index is 0.00262. The predicted molar refractivity (Wildman–Crippen MR) is 134 cm³/mol. The van der Waals surface area contributed by atoms with E-state index in [4.69, 9.17) is 0 Å². The highest BCUT2D eigenvalue weighted by molar-refractivity contribution is 5.78. The maximum Gasteiger partial charge on any atom is 0.253 e. The lowest BCUT2D eigenvalue weighted by molar-refractivity contribution is 0.359. The number of nitrogens with zero attached hydrogens (tertiary/aromatic N) is 2. The van der Waals surface area contributed by atoms with Gasteiger partial charge in [-0.05, 0) is 41.7 Å². The summed E-state index contributed by atoms with van der Waals surface area (Å²) in [6.45, 7) is 8.19. The van der Waals surface area contributed by atoms with Gasteiger partial charge in [0.1, 0.15) is 17.2 Å². The number of hydrogen-bond acceptors (Lipinski definition) is 7. The van der Waals surface area contributed by atoms with Crippen molar-refractivity contribution in [2.24, 2.45) is 5.41 Å². The van der Waals surface area contributed by atoms with Crippen LogP contribution in [0.25, 0.3) is 11.1 Å². The van der Waals surface area contributed by atoms with Crippen LogP contribution < -0.4 is 26.8 Å². The highest BCUT2D eigenvalue weighted by Gasteiger charge is 2.27. The Bertz CT molecular complexity index is 1320. The zero-order valence-electron chi connectivity index (χ0n) is 19.1. The molecule has 1 heterocycles. The van der Waals surface area contributed by atoms with Crippen LogP contribution in [-0.4, -0.2) is 16.0 Å². The molecule has 0 bridgehead atoms. The Balaban J connectivity index is 1.48. The SMILES string of the molecule is C[C@@H](Nc1c(Nc2ccnc(Nc3ccc(-c4ccccc4)cc3)n2)c(=O)c1=O)C(C)(C)C. The molecule has 4 aromatic rings. The minimum atomic E-state index is -0.553. The molecule has 0 aliphatic heterocycles. The van der Waals surface area contributed by atoms with Crippen LogP contribution in [0.1, 0.15) is 27.7 Å². The van der Waals surface area contributed by atoms with Crippen LogP contribution in [0.2, 0.25) is 0 Å². The Morgan fingerprint density at radius 3 is 2.09 bits per heavy atom. The topological polar surface area (TPSA) is 96.0 Å². The molecule has 0 radical (unpaired) electrons. The first-order chi connectivity index (χ1) is 15.7. The Hall–Kier alpha value is -4.00. The minimum Gasteiger partial charge on any atom is -0.377 e. The van der Waals surface area contributed by atoms with E-state index >= 15 is 0 Å². The lowest BCUT2D eigenvalue weighted by Crippen LogP contribution is -2.41. The van der Waals surface area contributed by atoms with Crippen molar-refractivity contribution in [1.82, 2.24) is 9.97 Å². The second-order valence-electron chi connectivity index (χ2n) is 9.10. The third-order valence-electron chi connectivity index (χ3n) is 5.73.